The van der Waals surface area contributed by atoms with Crippen molar-refractivity contribution in [3.05, 3.63) is 17.5 Å². The van der Waals surface area contributed by atoms with Crippen LogP contribution in [0.25, 0.3) is 0 Å². The zero-order valence-corrected chi connectivity index (χ0v) is 8.35. The number of carboxylic acids is 1. The maximum absolute atomic E-state index is 10.7. The molecule has 0 aliphatic carbocycles. The molecule has 0 spiro atoms. The Morgan fingerprint density at radius 2 is 2.29 bits per heavy atom. The lowest BCUT2D eigenvalue weighted by molar-refractivity contribution is -0.149. The third-order valence-electron chi connectivity index (χ3n) is 1.84. The van der Waals surface area contributed by atoms with E-state index in [1.54, 1.807) is 6.07 Å². The summed E-state index contributed by atoms with van der Waals surface area (Å²) in [5.41, 5.74) is 0.295. The molecule has 1 aromatic heterocycles. The summed E-state index contributed by atoms with van der Waals surface area (Å²) >= 11 is 0. The molecule has 0 aliphatic rings. The lowest BCUT2D eigenvalue weighted by atomic mass is 10.1. The first-order valence-electron chi connectivity index (χ1n) is 4.28. The van der Waals surface area contributed by atoms with Gasteiger partial charge in [0.2, 0.25) is 0 Å². The van der Waals surface area contributed by atoms with Crippen molar-refractivity contribution in [2.45, 2.75) is 25.9 Å². The van der Waals surface area contributed by atoms with Gasteiger partial charge in [0.15, 0.2) is 6.10 Å². The van der Waals surface area contributed by atoms with Crippen molar-refractivity contribution in [2.24, 2.45) is 0 Å². The van der Waals surface area contributed by atoms with Gasteiger partial charge in [0, 0.05) is 19.1 Å². The van der Waals surface area contributed by atoms with Gasteiger partial charge in [-0.25, -0.2) is 4.79 Å². The van der Waals surface area contributed by atoms with Crippen molar-refractivity contribution in [2.75, 3.05) is 7.11 Å². The highest BCUT2D eigenvalue weighted by atomic mass is 16.5. The van der Waals surface area contributed by atoms with E-state index >= 15 is 0 Å². The molecule has 5 nitrogen and oxygen atoms in total. The number of aromatic nitrogens is 1. The van der Waals surface area contributed by atoms with E-state index in [0.29, 0.717) is 11.5 Å². The molecule has 1 heterocycles. The van der Waals surface area contributed by atoms with Gasteiger partial charge in [0.1, 0.15) is 11.5 Å². The largest absolute Gasteiger partial charge is 0.479 e. The fraction of sp³-hybridized carbons (Fsp3) is 0.556. The Balaban J connectivity index is 2.89. The number of rotatable bonds is 4. The molecule has 0 saturated carbocycles. The lowest BCUT2D eigenvalue weighted by Crippen LogP contribution is -2.13. The van der Waals surface area contributed by atoms with Crippen LogP contribution in [-0.4, -0.2) is 23.3 Å². The highest BCUT2D eigenvalue weighted by molar-refractivity contribution is 5.73. The molecule has 0 aliphatic heterocycles. The Morgan fingerprint density at radius 3 is 2.64 bits per heavy atom. The third-order valence-corrected chi connectivity index (χ3v) is 1.84. The predicted molar refractivity (Wildman–Crippen MR) is 48.0 cm³/mol. The fourth-order valence-electron chi connectivity index (χ4n) is 1.05. The van der Waals surface area contributed by atoms with Crippen LogP contribution in [0.3, 0.4) is 0 Å². The first-order valence-corrected chi connectivity index (χ1v) is 4.28. The fourth-order valence-corrected chi connectivity index (χ4v) is 1.05. The highest BCUT2D eigenvalue weighted by Gasteiger charge is 2.23. The first-order chi connectivity index (χ1) is 6.56. The van der Waals surface area contributed by atoms with Crippen LogP contribution >= 0.6 is 0 Å². The molecule has 0 amide bonds. The zero-order chi connectivity index (χ0) is 10.7. The van der Waals surface area contributed by atoms with Crippen LogP contribution in [0.2, 0.25) is 0 Å². The normalized spacial score (nSPS) is 13.1. The molecule has 1 N–H and O–H groups in total. The van der Waals surface area contributed by atoms with E-state index in [9.17, 15) is 4.79 Å². The molecule has 78 valence electrons. The first kappa shape index (κ1) is 10.7. The summed E-state index contributed by atoms with van der Waals surface area (Å²) in [5, 5.41) is 12.4. The molecule has 5 heteroatoms. The maximum Gasteiger partial charge on any atom is 0.339 e. The number of ether oxygens (including phenoxy) is 1. The summed E-state index contributed by atoms with van der Waals surface area (Å²) in [6.45, 7) is 3.87. The van der Waals surface area contributed by atoms with Crippen LogP contribution < -0.4 is 0 Å². The van der Waals surface area contributed by atoms with Gasteiger partial charge in [0.05, 0.1) is 0 Å². The SMILES string of the molecule is COC(C(=O)O)c1cc(C(C)C)on1. The van der Waals surface area contributed by atoms with Crippen molar-refractivity contribution in [3.63, 3.8) is 0 Å². The van der Waals surface area contributed by atoms with Gasteiger partial charge in [0.25, 0.3) is 0 Å². The number of aliphatic carboxylic acids is 1. The van der Waals surface area contributed by atoms with E-state index in [1.807, 2.05) is 13.8 Å². The van der Waals surface area contributed by atoms with Crippen molar-refractivity contribution in [1.29, 1.82) is 0 Å². The molecule has 0 bridgehead atoms. The van der Waals surface area contributed by atoms with Gasteiger partial charge in [-0.1, -0.05) is 19.0 Å². The number of hydrogen-bond acceptors (Lipinski definition) is 4. The molecule has 14 heavy (non-hydrogen) atoms. The second kappa shape index (κ2) is 4.23. The molecule has 0 fully saturated rings. The molecule has 1 rings (SSSR count). The number of carbonyl (C=O) groups is 1. The number of hydrogen-bond donors (Lipinski definition) is 1. The average molecular weight is 199 g/mol. The lowest BCUT2D eigenvalue weighted by Gasteiger charge is -2.04. The monoisotopic (exact) mass is 199 g/mol. The molecule has 1 atom stereocenters. The van der Waals surface area contributed by atoms with E-state index in [1.165, 1.54) is 7.11 Å². The summed E-state index contributed by atoms with van der Waals surface area (Å²) < 4.78 is 9.73. The van der Waals surface area contributed by atoms with Gasteiger partial charge >= 0.3 is 5.97 Å². The Bertz CT molecular complexity index is 318. The van der Waals surface area contributed by atoms with Crippen LogP contribution in [0, 0.1) is 0 Å². The summed E-state index contributed by atoms with van der Waals surface area (Å²) in [4.78, 5) is 10.7. The summed E-state index contributed by atoms with van der Waals surface area (Å²) in [6, 6.07) is 1.60. The van der Waals surface area contributed by atoms with E-state index in [2.05, 4.69) is 5.16 Å². The molecular weight excluding hydrogens is 186 g/mol. The second-order valence-electron chi connectivity index (χ2n) is 3.26. The van der Waals surface area contributed by atoms with Crippen LogP contribution in [0.5, 0.6) is 0 Å². The Hall–Kier alpha value is -1.36. The third kappa shape index (κ3) is 2.11. The zero-order valence-electron chi connectivity index (χ0n) is 8.35. The van der Waals surface area contributed by atoms with Gasteiger partial charge in [-0.15, -0.1) is 0 Å². The summed E-state index contributed by atoms with van der Waals surface area (Å²) in [6.07, 6.45) is -1.05. The molecule has 1 unspecified atom stereocenters. The number of nitrogens with zero attached hydrogens (tertiary/aromatic N) is 1. The molecule has 0 aromatic carbocycles. The average Bonchev–Trinajstić information content (AvgIpc) is 2.53. The maximum atomic E-state index is 10.7. The smallest absolute Gasteiger partial charge is 0.339 e. The van der Waals surface area contributed by atoms with Gasteiger partial charge < -0.3 is 14.4 Å². The van der Waals surface area contributed by atoms with Crippen LogP contribution in [0.15, 0.2) is 10.6 Å². The van der Waals surface area contributed by atoms with Crippen LogP contribution in [0.4, 0.5) is 0 Å². The minimum Gasteiger partial charge on any atom is -0.479 e. The molecular formula is C9H13NO4. The van der Waals surface area contributed by atoms with Crippen molar-refractivity contribution >= 4 is 5.97 Å². The van der Waals surface area contributed by atoms with E-state index in [0.717, 1.165) is 0 Å². The van der Waals surface area contributed by atoms with Crippen molar-refractivity contribution in [1.82, 2.24) is 5.16 Å². The standard InChI is InChI=1S/C9H13NO4/c1-5(2)7-4-6(10-14-7)8(13-3)9(11)12/h4-5,8H,1-3H3,(H,11,12). The second-order valence-corrected chi connectivity index (χ2v) is 3.26. The van der Waals surface area contributed by atoms with Crippen molar-refractivity contribution in [3.8, 4) is 0 Å². The van der Waals surface area contributed by atoms with Crippen LogP contribution in [0.1, 0.15) is 37.3 Å². The van der Waals surface area contributed by atoms with Gasteiger partial charge in [-0.05, 0) is 0 Å². The van der Waals surface area contributed by atoms with Gasteiger partial charge in [-0.3, -0.25) is 0 Å². The van der Waals surface area contributed by atoms with Gasteiger partial charge in [-0.2, -0.15) is 0 Å². The van der Waals surface area contributed by atoms with E-state index < -0.39 is 12.1 Å². The molecule has 1 aromatic rings. The quantitative estimate of drug-likeness (QED) is 0.796. The van der Waals surface area contributed by atoms with Crippen molar-refractivity contribution < 1.29 is 19.2 Å². The minimum absolute atomic E-state index is 0.183. The number of carboxylic acid groups (broad SMARTS) is 1. The highest BCUT2D eigenvalue weighted by Crippen LogP contribution is 2.21. The van der Waals surface area contributed by atoms with E-state index in [4.69, 9.17) is 14.4 Å². The Kier molecular flexibility index (Phi) is 3.24. The Morgan fingerprint density at radius 1 is 1.64 bits per heavy atom. The molecule has 0 saturated heterocycles. The topological polar surface area (TPSA) is 72.6 Å². The van der Waals surface area contributed by atoms with E-state index in [-0.39, 0.29) is 5.92 Å². The van der Waals surface area contributed by atoms with Crippen LogP contribution in [-0.2, 0) is 9.53 Å². The predicted octanol–water partition coefficient (Wildman–Crippen LogP) is 1.57. The summed E-state index contributed by atoms with van der Waals surface area (Å²) in [5.74, 6) is -0.234. The molecule has 0 radical (unpaired) electrons. The minimum atomic E-state index is -1.07. The summed E-state index contributed by atoms with van der Waals surface area (Å²) in [7, 11) is 1.32. The Labute approximate surface area is 81.7 Å². The number of methoxy groups -OCH3 is 1.